The molecule has 0 bridgehead atoms. The van der Waals surface area contributed by atoms with Gasteiger partial charge in [0.2, 0.25) is 5.91 Å². The number of thioether (sulfide) groups is 1. The molecular weight excluding hydrogens is 436 g/mol. The first-order valence-corrected chi connectivity index (χ1v) is 12.6. The number of carbonyl (C=O) groups excluding carboxylic acids is 2. The first-order valence-electron chi connectivity index (χ1n) is 11.4. The molecule has 1 saturated heterocycles. The number of amides is 2. The summed E-state index contributed by atoms with van der Waals surface area (Å²) in [7, 11) is 0. The number of morpholine rings is 1. The third kappa shape index (κ3) is 6.28. The normalized spacial score (nSPS) is 18.2. The summed E-state index contributed by atoms with van der Waals surface area (Å²) in [6.45, 7) is 8.90. The molecular formula is C25H32N4O3S. The van der Waals surface area contributed by atoms with E-state index in [-0.39, 0.29) is 17.9 Å². The van der Waals surface area contributed by atoms with Crippen molar-refractivity contribution in [2.75, 3.05) is 55.8 Å². The minimum Gasteiger partial charge on any atom is -0.379 e. The lowest BCUT2D eigenvalue weighted by molar-refractivity contribution is -0.116. The predicted octanol–water partition coefficient (Wildman–Crippen LogP) is 3.03. The van der Waals surface area contributed by atoms with Crippen molar-refractivity contribution < 1.29 is 14.3 Å². The second-order valence-electron chi connectivity index (χ2n) is 8.60. The lowest BCUT2D eigenvalue weighted by atomic mass is 10.1. The third-order valence-electron chi connectivity index (χ3n) is 6.05. The Morgan fingerprint density at radius 3 is 2.79 bits per heavy atom. The Morgan fingerprint density at radius 2 is 1.97 bits per heavy atom. The Morgan fingerprint density at radius 1 is 1.15 bits per heavy atom. The second-order valence-corrected chi connectivity index (χ2v) is 9.63. The highest BCUT2D eigenvalue weighted by atomic mass is 32.2. The van der Waals surface area contributed by atoms with Crippen LogP contribution in [0.5, 0.6) is 0 Å². The fourth-order valence-electron chi connectivity index (χ4n) is 4.00. The molecule has 1 fully saturated rings. The molecule has 2 aliphatic rings. The summed E-state index contributed by atoms with van der Waals surface area (Å²) in [6, 6.07) is 11.6. The van der Waals surface area contributed by atoms with Gasteiger partial charge in [-0.25, -0.2) is 0 Å². The highest BCUT2D eigenvalue weighted by Crippen LogP contribution is 2.29. The number of anilines is 2. The van der Waals surface area contributed by atoms with Gasteiger partial charge in [-0.3, -0.25) is 14.5 Å². The van der Waals surface area contributed by atoms with Gasteiger partial charge in [-0.05, 0) is 43.2 Å². The average molecular weight is 469 g/mol. The Hall–Kier alpha value is -2.55. The molecule has 2 aliphatic heterocycles. The van der Waals surface area contributed by atoms with Crippen LogP contribution in [0.3, 0.4) is 0 Å². The van der Waals surface area contributed by atoms with Crippen molar-refractivity contribution in [3.8, 4) is 0 Å². The minimum absolute atomic E-state index is 0.0687. The maximum Gasteiger partial charge on any atom is 0.251 e. The zero-order valence-electron chi connectivity index (χ0n) is 19.3. The van der Waals surface area contributed by atoms with Crippen molar-refractivity contribution in [3.05, 3.63) is 58.7 Å². The van der Waals surface area contributed by atoms with E-state index in [4.69, 9.17) is 4.74 Å². The molecule has 0 aliphatic carbocycles. The number of rotatable bonds is 8. The first-order chi connectivity index (χ1) is 16.0. The quantitative estimate of drug-likeness (QED) is 0.553. The number of hydrogen-bond acceptors (Lipinski definition) is 6. The Bertz CT molecular complexity index is 1010. The van der Waals surface area contributed by atoms with E-state index < -0.39 is 0 Å². The second kappa shape index (κ2) is 11.0. The lowest BCUT2D eigenvalue weighted by Crippen LogP contribution is -2.41. The van der Waals surface area contributed by atoms with Gasteiger partial charge < -0.3 is 20.7 Å². The van der Waals surface area contributed by atoms with E-state index in [0.717, 1.165) is 44.3 Å². The van der Waals surface area contributed by atoms with Crippen LogP contribution in [0, 0.1) is 13.8 Å². The molecule has 176 valence electrons. The molecule has 0 radical (unpaired) electrons. The Labute approximate surface area is 199 Å². The molecule has 3 N–H and O–H groups in total. The molecule has 2 aromatic rings. The molecule has 2 heterocycles. The van der Waals surface area contributed by atoms with Crippen LogP contribution in [-0.4, -0.2) is 67.9 Å². The van der Waals surface area contributed by atoms with E-state index in [2.05, 4.69) is 52.9 Å². The molecule has 33 heavy (non-hydrogen) atoms. The van der Waals surface area contributed by atoms with Crippen LogP contribution in [-0.2, 0) is 15.3 Å². The van der Waals surface area contributed by atoms with Gasteiger partial charge in [0, 0.05) is 43.2 Å². The van der Waals surface area contributed by atoms with Crippen LogP contribution in [0.25, 0.3) is 0 Å². The van der Waals surface area contributed by atoms with Gasteiger partial charge >= 0.3 is 0 Å². The van der Waals surface area contributed by atoms with Gasteiger partial charge in [-0.2, -0.15) is 11.8 Å². The van der Waals surface area contributed by atoms with Crippen molar-refractivity contribution in [2.24, 2.45) is 0 Å². The van der Waals surface area contributed by atoms with E-state index in [1.54, 1.807) is 23.9 Å². The molecule has 2 aromatic carbocycles. The topological polar surface area (TPSA) is 82.7 Å². The van der Waals surface area contributed by atoms with Crippen molar-refractivity contribution >= 4 is 35.0 Å². The lowest BCUT2D eigenvalue weighted by Gasteiger charge is -2.27. The fraction of sp³-hybridized carbons (Fsp3) is 0.440. The first kappa shape index (κ1) is 23.6. The third-order valence-corrected chi connectivity index (χ3v) is 7.13. The predicted molar refractivity (Wildman–Crippen MR) is 134 cm³/mol. The number of hydrogen-bond donors (Lipinski definition) is 3. The number of ether oxygens (including phenoxy) is 1. The number of nitrogens with zero attached hydrogens (tertiary/aromatic N) is 1. The molecule has 4 rings (SSSR count). The standard InChI is InChI=1S/C25H32N4O3S/c1-17-3-4-18(2)20(13-17)15-33-16-23-25(31)28-22-14-19(5-6-21(22)27-23)24(30)26-7-8-29-9-11-32-12-10-29/h3-6,13-14,23,27H,7-12,15-16H2,1-2H3,(H,26,30)(H,28,31). The summed E-state index contributed by atoms with van der Waals surface area (Å²) in [5, 5.41) is 9.26. The van der Waals surface area contributed by atoms with Gasteiger partial charge in [0.25, 0.3) is 5.91 Å². The maximum atomic E-state index is 12.6. The SMILES string of the molecule is Cc1ccc(C)c(CSCC2Nc3ccc(C(=O)NCCN4CCOCC4)cc3NC2=O)c1. The zero-order valence-corrected chi connectivity index (χ0v) is 20.1. The Kier molecular flexibility index (Phi) is 7.90. The summed E-state index contributed by atoms with van der Waals surface area (Å²) >= 11 is 1.74. The van der Waals surface area contributed by atoms with Crippen molar-refractivity contribution in [1.29, 1.82) is 0 Å². The highest BCUT2D eigenvalue weighted by molar-refractivity contribution is 7.98. The van der Waals surface area contributed by atoms with Crippen LogP contribution in [0.2, 0.25) is 0 Å². The largest absolute Gasteiger partial charge is 0.379 e. The zero-order chi connectivity index (χ0) is 23.2. The molecule has 7 nitrogen and oxygen atoms in total. The van der Waals surface area contributed by atoms with E-state index in [9.17, 15) is 9.59 Å². The van der Waals surface area contributed by atoms with Gasteiger partial charge in [0.15, 0.2) is 0 Å². The molecule has 8 heteroatoms. The van der Waals surface area contributed by atoms with E-state index in [1.165, 1.54) is 16.7 Å². The molecule has 2 amide bonds. The van der Waals surface area contributed by atoms with Gasteiger partial charge in [-0.1, -0.05) is 23.8 Å². The summed E-state index contributed by atoms with van der Waals surface area (Å²) < 4.78 is 5.35. The highest BCUT2D eigenvalue weighted by Gasteiger charge is 2.26. The van der Waals surface area contributed by atoms with Crippen LogP contribution in [0.1, 0.15) is 27.0 Å². The number of nitrogens with one attached hydrogen (secondary N) is 3. The van der Waals surface area contributed by atoms with Crippen LogP contribution < -0.4 is 16.0 Å². The fourth-order valence-corrected chi connectivity index (χ4v) is 5.12. The number of benzene rings is 2. The van der Waals surface area contributed by atoms with Crippen LogP contribution in [0.4, 0.5) is 11.4 Å². The molecule has 0 spiro atoms. The summed E-state index contributed by atoms with van der Waals surface area (Å²) in [6.07, 6.45) is 0. The van der Waals surface area contributed by atoms with Crippen molar-refractivity contribution in [1.82, 2.24) is 10.2 Å². The van der Waals surface area contributed by atoms with Crippen LogP contribution in [0.15, 0.2) is 36.4 Å². The van der Waals surface area contributed by atoms with Crippen molar-refractivity contribution in [3.63, 3.8) is 0 Å². The molecule has 0 saturated carbocycles. The average Bonchev–Trinajstić information content (AvgIpc) is 2.82. The van der Waals surface area contributed by atoms with Gasteiger partial charge in [0.05, 0.1) is 24.6 Å². The summed E-state index contributed by atoms with van der Waals surface area (Å²) in [4.78, 5) is 27.5. The van der Waals surface area contributed by atoms with Crippen molar-refractivity contribution in [2.45, 2.75) is 25.6 Å². The summed E-state index contributed by atoms with van der Waals surface area (Å²) in [5.41, 5.74) is 5.87. The van der Waals surface area contributed by atoms with E-state index in [0.29, 0.717) is 23.5 Å². The maximum absolute atomic E-state index is 12.6. The minimum atomic E-state index is -0.305. The smallest absolute Gasteiger partial charge is 0.251 e. The van der Waals surface area contributed by atoms with Crippen LogP contribution >= 0.6 is 11.8 Å². The molecule has 1 atom stereocenters. The van der Waals surface area contributed by atoms with E-state index >= 15 is 0 Å². The van der Waals surface area contributed by atoms with Gasteiger partial charge in [-0.15, -0.1) is 0 Å². The number of carbonyl (C=O) groups is 2. The molecule has 0 aromatic heterocycles. The number of fused-ring (bicyclic) bond motifs is 1. The number of aryl methyl sites for hydroxylation is 2. The van der Waals surface area contributed by atoms with E-state index in [1.807, 2.05) is 6.07 Å². The van der Waals surface area contributed by atoms with Gasteiger partial charge in [0.1, 0.15) is 6.04 Å². The summed E-state index contributed by atoms with van der Waals surface area (Å²) in [5.74, 6) is 1.34. The Balaban J connectivity index is 1.28. The monoisotopic (exact) mass is 468 g/mol. The molecule has 1 unspecified atom stereocenters.